The molecule has 3 heterocycles. The van der Waals surface area contributed by atoms with Crippen molar-refractivity contribution in [1.82, 2.24) is 15.6 Å². The standard InChI is InChI=1S/C29H27N5O4S.2H2S/c1-17-15-19(38-18-7-3-2-4-8-18)11-12-22(17)34-23-13-14-30-28-24(23)25(33-29(34)37)26(39-28)27(36)32-21-10-6-5-9-20(21)31-16-35;;/h2-4,7-8,11-16,20-21H,5-6,9-10H2,1H3,(H,31,35)(H,32,36)(H,33,37);2*1H2/t20-,21?;;/m0../s1. The number of hydrogen-bond acceptors (Lipinski definition) is 6. The van der Waals surface area contributed by atoms with Gasteiger partial charge in [0.05, 0.1) is 22.4 Å². The van der Waals surface area contributed by atoms with E-state index in [1.54, 1.807) is 17.2 Å². The third kappa shape index (κ3) is 5.85. The van der Waals surface area contributed by atoms with Crippen molar-refractivity contribution in [1.29, 1.82) is 0 Å². The summed E-state index contributed by atoms with van der Waals surface area (Å²) in [6.45, 7) is 1.93. The molecule has 9 nitrogen and oxygen atoms in total. The number of ether oxygens (including phenoxy) is 1. The summed E-state index contributed by atoms with van der Waals surface area (Å²) in [6.07, 6.45) is 5.92. The Hall–Kier alpha value is -3.74. The minimum atomic E-state index is -0.361. The number of carbonyl (C=O) groups excluding carboxylic acids is 3. The summed E-state index contributed by atoms with van der Waals surface area (Å²) < 4.78 is 5.96. The van der Waals surface area contributed by atoms with E-state index in [-0.39, 0.29) is 51.0 Å². The molecule has 4 aromatic rings. The number of urea groups is 1. The van der Waals surface area contributed by atoms with E-state index >= 15 is 0 Å². The molecule has 0 bridgehead atoms. The number of benzene rings is 2. The van der Waals surface area contributed by atoms with E-state index in [4.69, 9.17) is 4.74 Å². The van der Waals surface area contributed by atoms with Gasteiger partial charge in [0.25, 0.3) is 5.91 Å². The van der Waals surface area contributed by atoms with Gasteiger partial charge in [0.15, 0.2) is 0 Å². The summed E-state index contributed by atoms with van der Waals surface area (Å²) in [5, 5.41) is 9.59. The second-order valence-corrected chi connectivity index (χ2v) is 10.7. The van der Waals surface area contributed by atoms with Crippen LogP contribution in [0.25, 0.3) is 10.2 Å². The molecule has 1 saturated carbocycles. The fraction of sp³-hybridized carbons (Fsp3) is 0.241. The average molecular weight is 610 g/mol. The van der Waals surface area contributed by atoms with Crippen LogP contribution in [0, 0.1) is 6.92 Å². The third-order valence-electron chi connectivity index (χ3n) is 7.20. The van der Waals surface area contributed by atoms with Crippen LogP contribution in [0.1, 0.15) is 40.9 Å². The number of hydrogen-bond donors (Lipinski definition) is 3. The number of aromatic nitrogens is 1. The zero-order valence-corrected chi connectivity index (χ0v) is 25.1. The van der Waals surface area contributed by atoms with Gasteiger partial charge in [-0.05, 0) is 61.7 Å². The quantitative estimate of drug-likeness (QED) is 0.220. The highest BCUT2D eigenvalue weighted by atomic mass is 32.1. The highest BCUT2D eigenvalue weighted by Crippen LogP contribution is 2.46. The van der Waals surface area contributed by atoms with Gasteiger partial charge in [0.2, 0.25) is 6.41 Å². The lowest BCUT2D eigenvalue weighted by atomic mass is 9.90. The van der Waals surface area contributed by atoms with Gasteiger partial charge in [-0.25, -0.2) is 9.78 Å². The average Bonchev–Trinajstić information content (AvgIpc) is 3.31. The molecule has 1 fully saturated rings. The molecule has 0 radical (unpaired) electrons. The smallest absolute Gasteiger partial charge is 0.331 e. The number of thiophene rings is 1. The van der Waals surface area contributed by atoms with E-state index in [0.717, 1.165) is 42.4 Å². The second-order valence-electron chi connectivity index (χ2n) is 9.70. The number of nitrogens with zero attached hydrogens (tertiary/aromatic N) is 2. The molecule has 2 aromatic carbocycles. The van der Waals surface area contributed by atoms with Crippen LogP contribution in [0.5, 0.6) is 11.5 Å². The molecule has 1 aliphatic heterocycles. The SMILES string of the molecule is Cc1cc(Oc2ccccc2)ccc1N1C(=O)Nc2c(C(=O)NC3CCCC[C@@H]3NC=O)sc3nccc1c23.S.S. The van der Waals surface area contributed by atoms with E-state index in [2.05, 4.69) is 20.9 Å². The van der Waals surface area contributed by atoms with Gasteiger partial charge < -0.3 is 20.7 Å². The number of amides is 4. The predicted octanol–water partition coefficient (Wildman–Crippen LogP) is 6.09. The molecule has 12 heteroatoms. The lowest BCUT2D eigenvalue weighted by molar-refractivity contribution is -0.110. The van der Waals surface area contributed by atoms with Gasteiger partial charge in [-0.1, -0.05) is 31.0 Å². The van der Waals surface area contributed by atoms with Crippen LogP contribution in [-0.2, 0) is 4.79 Å². The first-order chi connectivity index (χ1) is 19.0. The maximum atomic E-state index is 13.5. The predicted molar refractivity (Wildman–Crippen MR) is 172 cm³/mol. The Morgan fingerprint density at radius 1 is 1.05 bits per heavy atom. The molecule has 4 amide bonds. The minimum absolute atomic E-state index is 0. The number of para-hydroxylation sites is 1. The van der Waals surface area contributed by atoms with E-state index in [0.29, 0.717) is 38.9 Å². The molecular weight excluding hydrogens is 579 g/mol. The fourth-order valence-electron chi connectivity index (χ4n) is 5.37. The lowest BCUT2D eigenvalue weighted by Crippen LogP contribution is -2.51. The van der Waals surface area contributed by atoms with Crippen LogP contribution in [0.4, 0.5) is 21.9 Å². The van der Waals surface area contributed by atoms with Crippen molar-refractivity contribution in [3.63, 3.8) is 0 Å². The molecule has 214 valence electrons. The second kappa shape index (κ2) is 12.8. The highest BCUT2D eigenvalue weighted by molar-refractivity contribution is 7.59. The van der Waals surface area contributed by atoms with Crippen molar-refractivity contribution in [3.8, 4) is 11.5 Å². The van der Waals surface area contributed by atoms with Gasteiger partial charge in [0.1, 0.15) is 21.2 Å². The first-order valence-electron chi connectivity index (χ1n) is 12.9. The van der Waals surface area contributed by atoms with Gasteiger partial charge in [0, 0.05) is 18.3 Å². The minimum Gasteiger partial charge on any atom is -0.457 e. The fourth-order valence-corrected chi connectivity index (χ4v) is 6.40. The molecule has 2 aromatic heterocycles. The molecule has 6 rings (SSSR count). The molecule has 41 heavy (non-hydrogen) atoms. The van der Waals surface area contributed by atoms with Crippen molar-refractivity contribution in [2.75, 3.05) is 10.2 Å². The number of anilines is 3. The van der Waals surface area contributed by atoms with Gasteiger partial charge in [-0.2, -0.15) is 27.0 Å². The maximum absolute atomic E-state index is 13.5. The van der Waals surface area contributed by atoms with Crippen molar-refractivity contribution >= 4 is 84.0 Å². The monoisotopic (exact) mass is 609 g/mol. The van der Waals surface area contributed by atoms with Crippen LogP contribution in [-0.4, -0.2) is 35.4 Å². The summed E-state index contributed by atoms with van der Waals surface area (Å²) in [7, 11) is 0. The van der Waals surface area contributed by atoms with E-state index < -0.39 is 0 Å². The van der Waals surface area contributed by atoms with Crippen molar-refractivity contribution in [2.24, 2.45) is 0 Å². The van der Waals surface area contributed by atoms with Crippen LogP contribution in [0.15, 0.2) is 60.8 Å². The number of rotatable bonds is 7. The lowest BCUT2D eigenvalue weighted by Gasteiger charge is -2.32. The molecule has 1 aliphatic carbocycles. The Morgan fingerprint density at radius 2 is 1.80 bits per heavy atom. The summed E-state index contributed by atoms with van der Waals surface area (Å²) >= 11 is 1.25. The summed E-state index contributed by atoms with van der Waals surface area (Å²) in [5.41, 5.74) is 2.68. The topological polar surface area (TPSA) is 113 Å². The van der Waals surface area contributed by atoms with Gasteiger partial charge in [-0.3, -0.25) is 14.5 Å². The Bertz CT molecular complexity index is 1580. The number of pyridine rings is 1. The largest absolute Gasteiger partial charge is 0.457 e. The number of nitrogens with one attached hydrogen (secondary N) is 3. The number of carbonyl (C=O) groups is 3. The van der Waals surface area contributed by atoms with Gasteiger partial charge >= 0.3 is 6.03 Å². The van der Waals surface area contributed by atoms with Crippen LogP contribution < -0.4 is 25.6 Å². The molecule has 2 atom stereocenters. The Morgan fingerprint density at radius 3 is 2.54 bits per heavy atom. The van der Waals surface area contributed by atoms with Crippen molar-refractivity contribution in [2.45, 2.75) is 44.7 Å². The summed E-state index contributed by atoms with van der Waals surface area (Å²) in [5.74, 6) is 1.11. The molecule has 0 spiro atoms. The molecule has 0 saturated heterocycles. The molecular formula is C29H31N5O4S3. The Balaban J connectivity index is 0.00000194. The summed E-state index contributed by atoms with van der Waals surface area (Å²) in [4.78, 5) is 45.2. The normalized spacial score (nSPS) is 17.5. The van der Waals surface area contributed by atoms with E-state index in [9.17, 15) is 14.4 Å². The third-order valence-corrected chi connectivity index (χ3v) is 8.30. The van der Waals surface area contributed by atoms with Crippen LogP contribution in [0.3, 0.4) is 0 Å². The maximum Gasteiger partial charge on any atom is 0.331 e. The van der Waals surface area contributed by atoms with Crippen LogP contribution >= 0.6 is 38.3 Å². The first kappa shape index (κ1) is 30.2. The Labute approximate surface area is 255 Å². The van der Waals surface area contributed by atoms with Gasteiger partial charge in [-0.15, -0.1) is 11.3 Å². The van der Waals surface area contributed by atoms with E-state index in [1.165, 1.54) is 11.3 Å². The van der Waals surface area contributed by atoms with E-state index in [1.807, 2.05) is 55.5 Å². The van der Waals surface area contributed by atoms with Crippen LogP contribution in [0.2, 0.25) is 0 Å². The zero-order chi connectivity index (χ0) is 26.9. The molecule has 3 N–H and O–H groups in total. The number of aryl methyl sites for hydroxylation is 1. The van der Waals surface area contributed by atoms with Crippen molar-refractivity contribution < 1.29 is 19.1 Å². The molecule has 1 unspecified atom stereocenters. The zero-order valence-electron chi connectivity index (χ0n) is 22.3. The summed E-state index contributed by atoms with van der Waals surface area (Å²) in [6, 6.07) is 16.2. The Kier molecular flexibility index (Phi) is 9.46. The first-order valence-corrected chi connectivity index (χ1v) is 13.7. The van der Waals surface area contributed by atoms with Crippen molar-refractivity contribution in [3.05, 3.63) is 71.2 Å². The molecule has 2 aliphatic rings. The highest BCUT2D eigenvalue weighted by Gasteiger charge is 2.34.